The molecule has 0 atom stereocenters. The minimum atomic E-state index is -0.999. The van der Waals surface area contributed by atoms with Crippen LogP contribution in [-0.4, -0.2) is 27.9 Å². The molecule has 1 saturated carbocycles. The van der Waals surface area contributed by atoms with E-state index in [1.165, 1.54) is 20.3 Å². The van der Waals surface area contributed by atoms with Crippen molar-refractivity contribution in [1.29, 1.82) is 0 Å². The predicted octanol–water partition coefficient (Wildman–Crippen LogP) is 1.59. The number of rotatable bonds is 6. The number of aromatic nitrogens is 3. The van der Waals surface area contributed by atoms with Gasteiger partial charge in [0.25, 0.3) is 5.65 Å². The molecule has 4 rings (SSSR count). The molecule has 0 saturated heterocycles. The van der Waals surface area contributed by atoms with Crippen molar-refractivity contribution in [2.24, 2.45) is 5.92 Å². The van der Waals surface area contributed by atoms with Crippen LogP contribution in [0, 0.1) is 5.92 Å². The lowest BCUT2D eigenvalue weighted by atomic mass is 10.3. The molecule has 0 unspecified atom stereocenters. The molecule has 0 N–H and O–H groups in total. The standard InChI is InChI=1S/C17H14ClN3O4S/c18-17-19-7-11(26-17)8-21-12-3-1-2-6-20(12)15(23)13(21)14(22)16(24)25-9-10-4-5-10/h1-3,6-7,10H,4-5,8-9H2. The highest BCUT2D eigenvalue weighted by atomic mass is 35.5. The third-order valence-electron chi connectivity index (χ3n) is 4.19. The molecule has 3 aromatic rings. The molecule has 3 aromatic heterocycles. The van der Waals surface area contributed by atoms with Crippen LogP contribution in [0.1, 0.15) is 28.2 Å². The molecule has 0 spiro atoms. The van der Waals surface area contributed by atoms with Gasteiger partial charge >= 0.3 is 11.8 Å². The molecule has 0 amide bonds. The number of hydrogen-bond donors (Lipinski definition) is 0. The van der Waals surface area contributed by atoms with Crippen LogP contribution < -0.4 is 9.51 Å². The van der Waals surface area contributed by atoms with Crippen molar-refractivity contribution in [1.82, 2.24) is 9.55 Å². The second-order valence-corrected chi connectivity index (χ2v) is 7.82. The first-order chi connectivity index (χ1) is 12.5. The molecule has 0 bridgehead atoms. The Kier molecular flexibility index (Phi) is 4.37. The van der Waals surface area contributed by atoms with Gasteiger partial charge in [-0.2, -0.15) is 0 Å². The van der Waals surface area contributed by atoms with Crippen molar-refractivity contribution < 1.29 is 23.8 Å². The maximum absolute atomic E-state index is 12.7. The van der Waals surface area contributed by atoms with Crippen LogP contribution in [0.25, 0.3) is 5.65 Å². The Balaban J connectivity index is 1.73. The summed E-state index contributed by atoms with van der Waals surface area (Å²) in [6.07, 6.45) is 5.13. The Labute approximate surface area is 157 Å². The third kappa shape index (κ3) is 3.17. The van der Waals surface area contributed by atoms with E-state index in [9.17, 15) is 14.7 Å². The molecule has 0 radical (unpaired) electrons. The Hall–Kier alpha value is -2.45. The van der Waals surface area contributed by atoms with Crippen LogP contribution >= 0.6 is 22.9 Å². The molecular formula is C17H14ClN3O4S. The molecule has 3 heterocycles. The highest BCUT2D eigenvalue weighted by molar-refractivity contribution is 7.15. The maximum Gasteiger partial charge on any atom is 0.383 e. The van der Waals surface area contributed by atoms with Crippen molar-refractivity contribution in [3.8, 4) is 5.88 Å². The summed E-state index contributed by atoms with van der Waals surface area (Å²) >= 11 is 7.12. The Bertz CT molecular complexity index is 1010. The van der Waals surface area contributed by atoms with Gasteiger partial charge in [-0.25, -0.2) is 18.7 Å². The number of nitrogens with zero attached hydrogens (tertiary/aromatic N) is 3. The van der Waals surface area contributed by atoms with Gasteiger partial charge < -0.3 is 9.84 Å². The molecule has 0 aliphatic heterocycles. The molecule has 134 valence electrons. The van der Waals surface area contributed by atoms with Gasteiger partial charge in [-0.15, -0.1) is 11.3 Å². The smallest absolute Gasteiger partial charge is 0.383 e. The van der Waals surface area contributed by atoms with Crippen molar-refractivity contribution >= 4 is 40.3 Å². The summed E-state index contributed by atoms with van der Waals surface area (Å²) in [5.74, 6) is -2.15. The van der Waals surface area contributed by atoms with E-state index in [1.807, 2.05) is 0 Å². The van der Waals surface area contributed by atoms with Gasteiger partial charge in [-0.3, -0.25) is 4.79 Å². The summed E-state index contributed by atoms with van der Waals surface area (Å²) in [5.41, 5.74) is 0.280. The highest BCUT2D eigenvalue weighted by Gasteiger charge is 2.33. The maximum atomic E-state index is 12.7. The number of Topliss-reactive ketones (excluding diaryl/α,β-unsaturated/α-hetero) is 1. The average molecular weight is 392 g/mol. The fourth-order valence-electron chi connectivity index (χ4n) is 2.70. The fraction of sp³-hybridized carbons (Fsp3) is 0.294. The lowest BCUT2D eigenvalue weighted by molar-refractivity contribution is -0.582. The van der Waals surface area contributed by atoms with E-state index in [2.05, 4.69) is 4.98 Å². The normalized spacial score (nSPS) is 13.9. The van der Waals surface area contributed by atoms with Crippen LogP contribution in [0.4, 0.5) is 0 Å². The number of ketones is 1. The van der Waals surface area contributed by atoms with Crippen LogP contribution in [-0.2, 0) is 16.1 Å². The van der Waals surface area contributed by atoms with Crippen molar-refractivity contribution in [2.75, 3.05) is 6.61 Å². The van der Waals surface area contributed by atoms with Crippen LogP contribution in [0.5, 0.6) is 5.88 Å². The minimum Gasteiger partial charge on any atom is -0.839 e. The SMILES string of the molecule is O=C(OCC1CC1)C(=O)c1c([O-])[n+]2ccccc2n1Cc1cnc(Cl)s1. The second kappa shape index (κ2) is 6.69. The third-order valence-corrected chi connectivity index (χ3v) is 5.29. The summed E-state index contributed by atoms with van der Waals surface area (Å²) in [7, 11) is 0. The summed E-state index contributed by atoms with van der Waals surface area (Å²) in [4.78, 5) is 29.5. The molecule has 26 heavy (non-hydrogen) atoms. The summed E-state index contributed by atoms with van der Waals surface area (Å²) in [6, 6.07) is 5.14. The molecule has 0 aromatic carbocycles. The van der Waals surface area contributed by atoms with Crippen molar-refractivity contribution in [2.45, 2.75) is 19.4 Å². The van der Waals surface area contributed by atoms with Gasteiger partial charge in [0.1, 0.15) is 12.4 Å². The molecule has 1 aliphatic rings. The van der Waals surface area contributed by atoms with Gasteiger partial charge in [0, 0.05) is 12.3 Å². The molecule has 1 aliphatic carbocycles. The van der Waals surface area contributed by atoms with E-state index in [0.717, 1.165) is 17.7 Å². The van der Waals surface area contributed by atoms with Crippen LogP contribution in [0.15, 0.2) is 30.6 Å². The van der Waals surface area contributed by atoms with E-state index in [0.29, 0.717) is 16.0 Å². The van der Waals surface area contributed by atoms with Gasteiger partial charge in [0.15, 0.2) is 4.47 Å². The van der Waals surface area contributed by atoms with E-state index < -0.39 is 17.6 Å². The number of pyridine rings is 1. The summed E-state index contributed by atoms with van der Waals surface area (Å²) in [6.45, 7) is 0.424. The topological polar surface area (TPSA) is 88.4 Å². The van der Waals surface area contributed by atoms with Crippen molar-refractivity contribution in [3.63, 3.8) is 0 Å². The van der Waals surface area contributed by atoms with Crippen LogP contribution in [0.3, 0.4) is 0 Å². The number of hydrogen-bond acceptors (Lipinski definition) is 6. The molecule has 9 heteroatoms. The Morgan fingerprint density at radius 3 is 2.92 bits per heavy atom. The van der Waals surface area contributed by atoms with Gasteiger partial charge in [-0.1, -0.05) is 17.7 Å². The summed E-state index contributed by atoms with van der Waals surface area (Å²) < 4.78 is 8.27. The Morgan fingerprint density at radius 2 is 2.23 bits per heavy atom. The number of fused-ring (bicyclic) bond motifs is 1. The number of carbonyl (C=O) groups is 2. The zero-order valence-electron chi connectivity index (χ0n) is 13.6. The van der Waals surface area contributed by atoms with E-state index >= 15 is 0 Å². The number of thiazole rings is 1. The summed E-state index contributed by atoms with van der Waals surface area (Å²) in [5, 5.41) is 12.7. The first-order valence-electron chi connectivity index (χ1n) is 8.06. The molecule has 1 fully saturated rings. The number of carbonyl (C=O) groups excluding carboxylic acids is 2. The lowest BCUT2D eigenvalue weighted by Gasteiger charge is -2.05. The monoisotopic (exact) mass is 391 g/mol. The van der Waals surface area contributed by atoms with E-state index in [-0.39, 0.29) is 18.8 Å². The predicted molar refractivity (Wildman–Crippen MR) is 91.3 cm³/mol. The number of imidazole rings is 1. The zero-order valence-corrected chi connectivity index (χ0v) is 15.1. The second-order valence-electron chi connectivity index (χ2n) is 6.12. The highest BCUT2D eigenvalue weighted by Crippen LogP contribution is 2.29. The van der Waals surface area contributed by atoms with Crippen LogP contribution in [0.2, 0.25) is 4.47 Å². The zero-order chi connectivity index (χ0) is 18.3. The van der Waals surface area contributed by atoms with E-state index in [4.69, 9.17) is 16.3 Å². The molecular weight excluding hydrogens is 378 g/mol. The average Bonchev–Trinajstić information content (AvgIpc) is 3.32. The van der Waals surface area contributed by atoms with Gasteiger partial charge in [0.05, 0.1) is 17.7 Å². The minimum absolute atomic E-state index is 0.205. The Morgan fingerprint density at radius 1 is 1.42 bits per heavy atom. The molecule has 7 nitrogen and oxygen atoms in total. The van der Waals surface area contributed by atoms with Crippen molar-refractivity contribution in [3.05, 3.63) is 45.6 Å². The fourth-order valence-corrected chi connectivity index (χ4v) is 3.67. The first kappa shape index (κ1) is 17.0. The number of halogens is 1. The van der Waals surface area contributed by atoms with E-state index in [1.54, 1.807) is 30.6 Å². The van der Waals surface area contributed by atoms with Gasteiger partial charge in [-0.05, 0) is 24.8 Å². The lowest BCUT2D eigenvalue weighted by Crippen LogP contribution is -2.26. The number of ether oxygens (including phenoxy) is 1. The number of esters is 1. The van der Waals surface area contributed by atoms with Gasteiger partial charge in [0.2, 0.25) is 5.69 Å². The largest absolute Gasteiger partial charge is 0.839 e. The first-order valence-corrected chi connectivity index (χ1v) is 9.25. The quantitative estimate of drug-likeness (QED) is 0.275.